The Labute approximate surface area is 151 Å². The Kier molecular flexibility index (Phi) is 4.83. The van der Waals surface area contributed by atoms with Gasteiger partial charge in [0.2, 0.25) is 5.91 Å². The summed E-state index contributed by atoms with van der Waals surface area (Å²) in [4.78, 5) is 17.8. The van der Waals surface area contributed by atoms with Gasteiger partial charge in [0.15, 0.2) is 0 Å². The summed E-state index contributed by atoms with van der Waals surface area (Å²) in [5.74, 6) is 0.345. The highest BCUT2D eigenvalue weighted by atomic mass is 16.5. The van der Waals surface area contributed by atoms with E-state index in [0.717, 1.165) is 64.7 Å². The maximum Gasteiger partial charge on any atom is 0.231 e. The van der Waals surface area contributed by atoms with Crippen molar-refractivity contribution in [3.05, 3.63) is 35.4 Å². The van der Waals surface area contributed by atoms with Crippen LogP contribution in [0.1, 0.15) is 36.8 Å². The van der Waals surface area contributed by atoms with Gasteiger partial charge in [-0.2, -0.15) is 0 Å². The third-order valence-corrected chi connectivity index (χ3v) is 6.55. The number of ether oxygens (including phenoxy) is 1. The molecule has 0 radical (unpaired) electrons. The van der Waals surface area contributed by atoms with Crippen LogP contribution >= 0.6 is 0 Å². The first-order valence-electron chi connectivity index (χ1n) is 9.81. The number of rotatable bonds is 4. The molecule has 1 aromatic rings. The molecule has 1 amide bonds. The van der Waals surface area contributed by atoms with Gasteiger partial charge in [-0.1, -0.05) is 30.7 Å². The summed E-state index contributed by atoms with van der Waals surface area (Å²) in [5.41, 5.74) is 2.81. The summed E-state index contributed by atoms with van der Waals surface area (Å²) in [7, 11) is 1.72. The van der Waals surface area contributed by atoms with Crippen LogP contribution < -0.4 is 0 Å². The molecule has 0 atom stereocenters. The van der Waals surface area contributed by atoms with E-state index in [1.54, 1.807) is 7.11 Å². The van der Waals surface area contributed by atoms with Gasteiger partial charge in [-0.3, -0.25) is 9.69 Å². The molecule has 2 aliphatic carbocycles. The van der Waals surface area contributed by atoms with E-state index in [9.17, 15) is 4.79 Å². The predicted octanol–water partition coefficient (Wildman–Crippen LogP) is 2.50. The summed E-state index contributed by atoms with van der Waals surface area (Å²) < 4.78 is 5.37. The van der Waals surface area contributed by atoms with Crippen molar-refractivity contribution in [3.8, 4) is 0 Å². The normalized spacial score (nSPS) is 23.8. The quantitative estimate of drug-likeness (QED) is 0.843. The number of carbonyl (C=O) groups is 1. The van der Waals surface area contributed by atoms with Crippen molar-refractivity contribution in [2.45, 2.75) is 44.6 Å². The standard InChI is InChI=1S/C21H30N2O2/c1-25-16-21(8-4-9-21)20(24)23-11-5-10-22(12-13-23)19-14-17-6-2-3-7-18(17)15-19/h2-3,6-7,19H,4-5,8-16H2,1H3. The number of fused-ring (bicyclic) bond motifs is 1. The SMILES string of the molecule is COCC1(C(=O)N2CCCN(C3Cc4ccccc4C3)CC2)CCC1. The fourth-order valence-electron chi connectivity index (χ4n) is 4.93. The van der Waals surface area contributed by atoms with Crippen LogP contribution in [-0.4, -0.2) is 61.6 Å². The summed E-state index contributed by atoms with van der Waals surface area (Å²) in [6, 6.07) is 9.46. The lowest BCUT2D eigenvalue weighted by Crippen LogP contribution is -2.51. The van der Waals surface area contributed by atoms with Crippen molar-refractivity contribution >= 4 is 5.91 Å². The van der Waals surface area contributed by atoms with Gasteiger partial charge >= 0.3 is 0 Å². The number of methoxy groups -OCH3 is 1. The third-order valence-electron chi connectivity index (χ3n) is 6.55. The highest BCUT2D eigenvalue weighted by molar-refractivity contribution is 5.83. The Morgan fingerprint density at radius 2 is 1.80 bits per heavy atom. The van der Waals surface area contributed by atoms with Crippen molar-refractivity contribution in [2.75, 3.05) is 39.9 Å². The maximum absolute atomic E-state index is 13.1. The van der Waals surface area contributed by atoms with E-state index in [0.29, 0.717) is 18.6 Å². The Morgan fingerprint density at radius 3 is 2.40 bits per heavy atom. The molecule has 4 nitrogen and oxygen atoms in total. The number of benzene rings is 1. The summed E-state index contributed by atoms with van der Waals surface area (Å²) in [6.45, 7) is 4.48. The van der Waals surface area contributed by atoms with Crippen LogP contribution in [0.25, 0.3) is 0 Å². The number of hydrogen-bond acceptors (Lipinski definition) is 3. The minimum Gasteiger partial charge on any atom is -0.384 e. The first-order chi connectivity index (χ1) is 12.2. The van der Waals surface area contributed by atoms with Gasteiger partial charge in [-0.25, -0.2) is 0 Å². The molecule has 1 aliphatic heterocycles. The van der Waals surface area contributed by atoms with Gasteiger partial charge in [0.05, 0.1) is 12.0 Å². The topological polar surface area (TPSA) is 32.8 Å². The first kappa shape index (κ1) is 17.0. The second-order valence-corrected chi connectivity index (χ2v) is 8.08. The average molecular weight is 342 g/mol. The average Bonchev–Trinajstić information content (AvgIpc) is 2.87. The number of hydrogen-bond donors (Lipinski definition) is 0. The molecule has 136 valence electrons. The van der Waals surface area contributed by atoms with Gasteiger partial charge in [0, 0.05) is 39.3 Å². The van der Waals surface area contributed by atoms with E-state index in [2.05, 4.69) is 34.1 Å². The molecule has 1 saturated carbocycles. The molecule has 3 aliphatic rings. The van der Waals surface area contributed by atoms with Crippen LogP contribution in [0.15, 0.2) is 24.3 Å². The lowest BCUT2D eigenvalue weighted by Gasteiger charge is -2.42. The second kappa shape index (κ2) is 7.08. The molecule has 25 heavy (non-hydrogen) atoms. The monoisotopic (exact) mass is 342 g/mol. The lowest BCUT2D eigenvalue weighted by atomic mass is 9.68. The largest absolute Gasteiger partial charge is 0.384 e. The highest BCUT2D eigenvalue weighted by Gasteiger charge is 2.46. The minimum absolute atomic E-state index is 0.215. The number of amides is 1. The lowest BCUT2D eigenvalue weighted by molar-refractivity contribution is -0.152. The Morgan fingerprint density at radius 1 is 1.08 bits per heavy atom. The van der Waals surface area contributed by atoms with E-state index in [1.165, 1.54) is 11.1 Å². The number of nitrogens with zero attached hydrogens (tertiary/aromatic N) is 2. The van der Waals surface area contributed by atoms with E-state index in [4.69, 9.17) is 4.74 Å². The zero-order valence-corrected chi connectivity index (χ0v) is 15.4. The Bertz CT molecular complexity index is 601. The molecule has 0 bridgehead atoms. The molecular weight excluding hydrogens is 312 g/mol. The van der Waals surface area contributed by atoms with Gasteiger partial charge in [-0.15, -0.1) is 0 Å². The molecule has 1 saturated heterocycles. The van der Waals surface area contributed by atoms with Gasteiger partial charge in [0.1, 0.15) is 0 Å². The van der Waals surface area contributed by atoms with Crippen molar-refractivity contribution in [1.82, 2.24) is 9.80 Å². The number of carbonyl (C=O) groups excluding carboxylic acids is 1. The molecule has 4 rings (SSSR count). The molecule has 0 spiro atoms. The summed E-state index contributed by atoms with van der Waals surface area (Å²) >= 11 is 0. The molecule has 4 heteroatoms. The molecule has 1 aromatic carbocycles. The third kappa shape index (κ3) is 3.22. The van der Waals surface area contributed by atoms with Crippen molar-refractivity contribution in [2.24, 2.45) is 5.41 Å². The van der Waals surface area contributed by atoms with Crippen LogP contribution in [0.2, 0.25) is 0 Å². The van der Waals surface area contributed by atoms with Crippen molar-refractivity contribution in [3.63, 3.8) is 0 Å². The summed E-state index contributed by atoms with van der Waals surface area (Å²) in [5, 5.41) is 0. The van der Waals surface area contributed by atoms with E-state index >= 15 is 0 Å². The van der Waals surface area contributed by atoms with Gasteiger partial charge in [-0.05, 0) is 43.2 Å². The van der Waals surface area contributed by atoms with Crippen LogP contribution in [0.3, 0.4) is 0 Å². The summed E-state index contributed by atoms with van der Waals surface area (Å²) in [6.07, 6.45) is 6.57. The van der Waals surface area contributed by atoms with Gasteiger partial charge in [0.25, 0.3) is 0 Å². The molecule has 0 unspecified atom stereocenters. The van der Waals surface area contributed by atoms with E-state index < -0.39 is 0 Å². The second-order valence-electron chi connectivity index (χ2n) is 8.08. The van der Waals surface area contributed by atoms with Crippen molar-refractivity contribution in [1.29, 1.82) is 0 Å². The van der Waals surface area contributed by atoms with E-state index in [-0.39, 0.29) is 5.41 Å². The van der Waals surface area contributed by atoms with Crippen LogP contribution in [0, 0.1) is 5.41 Å². The molecule has 2 fully saturated rings. The van der Waals surface area contributed by atoms with Crippen molar-refractivity contribution < 1.29 is 9.53 Å². The predicted molar refractivity (Wildman–Crippen MR) is 98.6 cm³/mol. The Balaban J connectivity index is 1.37. The van der Waals surface area contributed by atoms with Crippen LogP contribution in [0.5, 0.6) is 0 Å². The minimum atomic E-state index is -0.215. The molecular formula is C21H30N2O2. The van der Waals surface area contributed by atoms with E-state index in [1.807, 2.05) is 0 Å². The molecule has 0 N–H and O–H groups in total. The van der Waals surface area contributed by atoms with Crippen LogP contribution in [0.4, 0.5) is 0 Å². The fourth-order valence-corrected chi connectivity index (χ4v) is 4.93. The zero-order valence-electron chi connectivity index (χ0n) is 15.4. The molecule has 1 heterocycles. The fraction of sp³-hybridized carbons (Fsp3) is 0.667. The smallest absolute Gasteiger partial charge is 0.231 e. The zero-order chi connectivity index (χ0) is 17.3. The molecule has 0 aromatic heterocycles. The Hall–Kier alpha value is -1.39. The van der Waals surface area contributed by atoms with Crippen LogP contribution in [-0.2, 0) is 22.4 Å². The van der Waals surface area contributed by atoms with Gasteiger partial charge < -0.3 is 9.64 Å². The maximum atomic E-state index is 13.1. The highest BCUT2D eigenvalue weighted by Crippen LogP contribution is 2.43. The first-order valence-corrected chi connectivity index (χ1v) is 9.81.